The van der Waals surface area contributed by atoms with Crippen LogP contribution in [0.4, 0.5) is 0 Å². The average molecular weight is 401 g/mol. The van der Waals surface area contributed by atoms with Gasteiger partial charge in [0.1, 0.15) is 5.37 Å². The standard InChI is InChI=1S/C25H54NS/c1-6-9-10-11-12-13-14-15-16-17-18-19-20-21-22-23-24-27-25(4)26(5,7-2)8-3/h25H,6-24H2,1-5H3/q+1. The van der Waals surface area contributed by atoms with E-state index in [4.69, 9.17) is 0 Å². The van der Waals surface area contributed by atoms with Gasteiger partial charge >= 0.3 is 0 Å². The molecule has 0 aromatic rings. The molecule has 0 radical (unpaired) electrons. The van der Waals surface area contributed by atoms with Crippen molar-refractivity contribution in [1.82, 2.24) is 0 Å². The highest BCUT2D eigenvalue weighted by Gasteiger charge is 2.24. The maximum atomic E-state index is 2.42. The summed E-state index contributed by atoms with van der Waals surface area (Å²) in [6, 6.07) is 0. The van der Waals surface area contributed by atoms with Crippen molar-refractivity contribution in [3.63, 3.8) is 0 Å². The van der Waals surface area contributed by atoms with Crippen LogP contribution >= 0.6 is 11.8 Å². The molecule has 0 spiro atoms. The first-order valence-corrected chi connectivity index (χ1v) is 13.6. The van der Waals surface area contributed by atoms with Crippen molar-refractivity contribution in [3.05, 3.63) is 0 Å². The predicted molar refractivity (Wildman–Crippen MR) is 129 cm³/mol. The topological polar surface area (TPSA) is 0 Å². The average Bonchev–Trinajstić information content (AvgIpc) is 2.69. The monoisotopic (exact) mass is 400 g/mol. The summed E-state index contributed by atoms with van der Waals surface area (Å²) in [6.45, 7) is 11.9. The minimum Gasteiger partial charge on any atom is -0.316 e. The van der Waals surface area contributed by atoms with E-state index in [9.17, 15) is 0 Å². The summed E-state index contributed by atoms with van der Waals surface area (Å²) in [5.41, 5.74) is 0. The molecule has 0 bridgehead atoms. The fraction of sp³-hybridized carbons (Fsp3) is 1.00. The molecule has 0 aromatic carbocycles. The number of nitrogens with zero attached hydrogens (tertiary/aromatic N) is 1. The van der Waals surface area contributed by atoms with Gasteiger partial charge in [0.15, 0.2) is 0 Å². The van der Waals surface area contributed by atoms with Crippen LogP contribution in [0.25, 0.3) is 0 Å². The van der Waals surface area contributed by atoms with Crippen LogP contribution < -0.4 is 0 Å². The van der Waals surface area contributed by atoms with Gasteiger partial charge in [-0.2, -0.15) is 0 Å². The van der Waals surface area contributed by atoms with Crippen LogP contribution in [0.1, 0.15) is 130 Å². The second-order valence-corrected chi connectivity index (χ2v) is 10.3. The Morgan fingerprint density at radius 2 is 0.889 bits per heavy atom. The lowest BCUT2D eigenvalue weighted by atomic mass is 10.0. The van der Waals surface area contributed by atoms with Gasteiger partial charge in [0, 0.05) is 0 Å². The Morgan fingerprint density at radius 1 is 0.556 bits per heavy atom. The van der Waals surface area contributed by atoms with E-state index in [1.165, 1.54) is 126 Å². The molecule has 1 nitrogen and oxygen atoms in total. The Kier molecular flexibility index (Phi) is 19.8. The van der Waals surface area contributed by atoms with E-state index in [0.29, 0.717) is 0 Å². The summed E-state index contributed by atoms with van der Waals surface area (Å²) >= 11 is 2.19. The lowest BCUT2D eigenvalue weighted by molar-refractivity contribution is -0.914. The third kappa shape index (κ3) is 15.9. The lowest BCUT2D eigenvalue weighted by Crippen LogP contribution is -2.49. The van der Waals surface area contributed by atoms with Crippen molar-refractivity contribution in [1.29, 1.82) is 0 Å². The minimum atomic E-state index is 0.747. The highest BCUT2D eigenvalue weighted by Crippen LogP contribution is 2.23. The quantitative estimate of drug-likeness (QED) is 0.105. The first-order valence-electron chi connectivity index (χ1n) is 12.6. The SMILES string of the molecule is CCCCCCCCCCCCCCCCCCSC(C)[N+](C)(CC)CC. The molecule has 0 amide bonds. The fourth-order valence-corrected chi connectivity index (χ4v) is 5.19. The number of quaternary nitrogens is 1. The summed E-state index contributed by atoms with van der Waals surface area (Å²) in [5.74, 6) is 1.35. The van der Waals surface area contributed by atoms with E-state index < -0.39 is 0 Å². The van der Waals surface area contributed by atoms with Gasteiger partial charge in [-0.1, -0.05) is 115 Å². The van der Waals surface area contributed by atoms with Crippen LogP contribution in [0.2, 0.25) is 0 Å². The van der Waals surface area contributed by atoms with E-state index in [2.05, 4.69) is 46.5 Å². The zero-order valence-corrected chi connectivity index (χ0v) is 20.7. The highest BCUT2D eigenvalue weighted by atomic mass is 32.2. The molecule has 0 aliphatic heterocycles. The summed E-state index contributed by atoms with van der Waals surface area (Å²) in [7, 11) is 2.41. The number of thioether (sulfide) groups is 1. The van der Waals surface area contributed by atoms with Crippen molar-refractivity contribution in [2.45, 2.75) is 136 Å². The summed E-state index contributed by atoms with van der Waals surface area (Å²) in [4.78, 5) is 0. The van der Waals surface area contributed by atoms with Gasteiger partial charge < -0.3 is 4.48 Å². The van der Waals surface area contributed by atoms with Crippen LogP contribution in [0, 0.1) is 0 Å². The van der Waals surface area contributed by atoms with Crippen LogP contribution in [0.15, 0.2) is 0 Å². The minimum absolute atomic E-state index is 0.747. The van der Waals surface area contributed by atoms with E-state index >= 15 is 0 Å². The number of hydrogen-bond acceptors (Lipinski definition) is 1. The molecule has 164 valence electrons. The molecule has 0 N–H and O–H groups in total. The number of unbranched alkanes of at least 4 members (excludes halogenated alkanes) is 15. The van der Waals surface area contributed by atoms with Crippen molar-refractivity contribution >= 4 is 11.8 Å². The molecule has 0 saturated heterocycles. The summed E-state index contributed by atoms with van der Waals surface area (Å²) in [5, 5.41) is 0.747. The Labute approximate surface area is 178 Å². The Hall–Kier alpha value is 0.310. The van der Waals surface area contributed by atoms with Crippen molar-refractivity contribution in [2.24, 2.45) is 0 Å². The largest absolute Gasteiger partial charge is 0.316 e. The maximum absolute atomic E-state index is 2.42. The maximum Gasteiger partial charge on any atom is 0.132 e. The van der Waals surface area contributed by atoms with E-state index in [0.717, 1.165) is 5.37 Å². The number of hydrogen-bond donors (Lipinski definition) is 0. The second-order valence-electron chi connectivity index (χ2n) is 8.89. The van der Waals surface area contributed by atoms with Crippen molar-refractivity contribution < 1.29 is 4.48 Å². The molecular formula is C25H54NS+. The summed E-state index contributed by atoms with van der Waals surface area (Å²) in [6.07, 6.45) is 23.4. The van der Waals surface area contributed by atoms with Crippen LogP contribution in [0.5, 0.6) is 0 Å². The zero-order chi connectivity index (χ0) is 20.2. The molecule has 27 heavy (non-hydrogen) atoms. The van der Waals surface area contributed by atoms with Crippen LogP contribution in [0.3, 0.4) is 0 Å². The van der Waals surface area contributed by atoms with Gasteiger partial charge in [0.2, 0.25) is 0 Å². The highest BCUT2D eigenvalue weighted by molar-refractivity contribution is 7.99. The third-order valence-electron chi connectivity index (χ3n) is 6.68. The predicted octanol–water partition coefficient (Wildman–Crippen LogP) is 8.81. The molecule has 2 heteroatoms. The van der Waals surface area contributed by atoms with E-state index in [-0.39, 0.29) is 0 Å². The molecule has 0 fully saturated rings. The molecule has 0 aliphatic carbocycles. The molecule has 1 atom stereocenters. The van der Waals surface area contributed by atoms with Gasteiger partial charge in [0.25, 0.3) is 0 Å². The van der Waals surface area contributed by atoms with Gasteiger partial charge in [-0.15, -0.1) is 0 Å². The molecule has 0 aliphatic rings. The van der Waals surface area contributed by atoms with E-state index in [1.54, 1.807) is 0 Å². The fourth-order valence-electron chi connectivity index (χ4n) is 3.82. The molecule has 1 unspecified atom stereocenters. The smallest absolute Gasteiger partial charge is 0.132 e. The Bertz CT molecular complexity index is 288. The van der Waals surface area contributed by atoms with Crippen LogP contribution in [-0.4, -0.2) is 35.7 Å². The molecule has 0 rings (SSSR count). The molecular weight excluding hydrogens is 346 g/mol. The lowest BCUT2D eigenvalue weighted by Gasteiger charge is -2.37. The van der Waals surface area contributed by atoms with E-state index in [1.807, 2.05) is 0 Å². The van der Waals surface area contributed by atoms with Gasteiger partial charge in [0.05, 0.1) is 20.1 Å². The van der Waals surface area contributed by atoms with Crippen molar-refractivity contribution in [2.75, 3.05) is 25.9 Å². The first-order chi connectivity index (χ1) is 13.1. The first kappa shape index (κ1) is 27.3. The molecule has 0 aromatic heterocycles. The normalized spacial score (nSPS) is 13.2. The Morgan fingerprint density at radius 3 is 1.22 bits per heavy atom. The van der Waals surface area contributed by atoms with Gasteiger partial charge in [-0.25, -0.2) is 0 Å². The van der Waals surface area contributed by atoms with Crippen molar-refractivity contribution in [3.8, 4) is 0 Å². The van der Waals surface area contributed by atoms with Crippen LogP contribution in [-0.2, 0) is 0 Å². The second kappa shape index (κ2) is 19.6. The molecule has 0 heterocycles. The molecule has 0 saturated carbocycles. The van der Waals surface area contributed by atoms with Gasteiger partial charge in [-0.3, -0.25) is 0 Å². The zero-order valence-electron chi connectivity index (χ0n) is 19.9. The third-order valence-corrected chi connectivity index (χ3v) is 8.20. The van der Waals surface area contributed by atoms with Gasteiger partial charge in [-0.05, 0) is 32.9 Å². The summed E-state index contributed by atoms with van der Waals surface area (Å²) < 4.78 is 1.21. The number of rotatable bonds is 21. The Balaban J connectivity index is 3.23.